The number of nitrogens with one attached hydrogen (secondary N) is 2. The molecule has 4 rings (SSSR count). The van der Waals surface area contributed by atoms with Gasteiger partial charge in [-0.15, -0.1) is 0 Å². The zero-order valence-corrected chi connectivity index (χ0v) is 12.7. The first kappa shape index (κ1) is 14.2. The number of esters is 2. The van der Waals surface area contributed by atoms with Gasteiger partial charge < -0.3 is 14.7 Å². The summed E-state index contributed by atoms with van der Waals surface area (Å²) < 4.78 is 5.17. The molecule has 2 aromatic rings. The summed E-state index contributed by atoms with van der Waals surface area (Å²) in [5, 5.41) is 0. The van der Waals surface area contributed by atoms with Gasteiger partial charge in [-0.05, 0) is 25.7 Å². The fourth-order valence-corrected chi connectivity index (χ4v) is 3.47. The van der Waals surface area contributed by atoms with Crippen LogP contribution in [-0.4, -0.2) is 31.9 Å². The molecule has 0 unspecified atom stereocenters. The quantitative estimate of drug-likeness (QED) is 0.639. The van der Waals surface area contributed by atoms with Crippen molar-refractivity contribution in [1.82, 2.24) is 19.9 Å². The molecule has 0 spiro atoms. The minimum absolute atomic E-state index is 0.266. The lowest BCUT2D eigenvalue weighted by molar-refractivity contribution is -0.166. The van der Waals surface area contributed by atoms with Crippen LogP contribution in [-0.2, 0) is 40.0 Å². The van der Waals surface area contributed by atoms with Gasteiger partial charge in [0.15, 0.2) is 0 Å². The van der Waals surface area contributed by atoms with E-state index in [2.05, 4.69) is 19.9 Å². The average molecular weight is 314 g/mol. The number of ether oxygens (including phenoxy) is 1. The summed E-state index contributed by atoms with van der Waals surface area (Å²) in [6, 6.07) is 0. The summed E-state index contributed by atoms with van der Waals surface area (Å²) in [6.45, 7) is 0. The third-order valence-corrected chi connectivity index (χ3v) is 4.84. The van der Waals surface area contributed by atoms with E-state index in [4.69, 9.17) is 4.74 Å². The standard InChI is InChI=1S/C16H18N4O3/c21-15(9-1-3-11-13(5-9)19-7-17-11)23-16(22)10-2-4-12-14(6-10)20-8-18-12/h7-10H,1-6H2,(H,17,19)(H,18,20)/t9-,10-/m1/s1. The van der Waals surface area contributed by atoms with Gasteiger partial charge in [0.1, 0.15) is 0 Å². The molecule has 2 N–H and O–H groups in total. The zero-order chi connectivity index (χ0) is 15.8. The number of aryl methyl sites for hydroxylation is 2. The Morgan fingerprint density at radius 3 is 1.87 bits per heavy atom. The Hall–Kier alpha value is -2.44. The highest BCUT2D eigenvalue weighted by Gasteiger charge is 2.33. The first-order valence-corrected chi connectivity index (χ1v) is 7.98. The lowest BCUT2D eigenvalue weighted by Crippen LogP contribution is -2.31. The van der Waals surface area contributed by atoms with Crippen molar-refractivity contribution in [2.45, 2.75) is 38.5 Å². The van der Waals surface area contributed by atoms with Crippen molar-refractivity contribution in [2.24, 2.45) is 11.8 Å². The molecular formula is C16H18N4O3. The molecule has 0 saturated heterocycles. The highest BCUT2D eigenvalue weighted by Crippen LogP contribution is 2.26. The molecular weight excluding hydrogens is 296 g/mol. The number of aromatic nitrogens is 4. The Morgan fingerprint density at radius 1 is 0.913 bits per heavy atom. The second kappa shape index (κ2) is 5.64. The van der Waals surface area contributed by atoms with Crippen LogP contribution in [0.3, 0.4) is 0 Å². The van der Waals surface area contributed by atoms with Gasteiger partial charge in [0.05, 0.1) is 35.9 Å². The molecule has 120 valence electrons. The van der Waals surface area contributed by atoms with E-state index in [0.29, 0.717) is 25.7 Å². The number of carbonyl (C=O) groups is 2. The SMILES string of the molecule is O=C(OC(=O)[C@@H]1CCc2nc[nH]c2C1)[C@@H]1CCc2nc[nH]c2C1. The third kappa shape index (κ3) is 2.67. The number of H-pyrrole nitrogens is 2. The second-order valence-corrected chi connectivity index (χ2v) is 6.28. The Bertz CT molecular complexity index is 686. The van der Waals surface area contributed by atoms with Gasteiger partial charge in [-0.2, -0.15) is 0 Å². The highest BCUT2D eigenvalue weighted by atomic mass is 16.6. The van der Waals surface area contributed by atoms with E-state index in [-0.39, 0.29) is 11.8 Å². The Labute approximate surface area is 132 Å². The molecule has 2 aliphatic carbocycles. The number of hydrogen-bond donors (Lipinski definition) is 2. The van der Waals surface area contributed by atoms with E-state index in [1.807, 2.05) is 0 Å². The summed E-state index contributed by atoms with van der Waals surface area (Å²) >= 11 is 0. The third-order valence-electron chi connectivity index (χ3n) is 4.84. The molecule has 2 heterocycles. The zero-order valence-electron chi connectivity index (χ0n) is 12.7. The summed E-state index contributed by atoms with van der Waals surface area (Å²) in [5.74, 6) is -1.35. The number of fused-ring (bicyclic) bond motifs is 2. The van der Waals surface area contributed by atoms with Gasteiger partial charge in [-0.1, -0.05) is 0 Å². The fraction of sp³-hybridized carbons (Fsp3) is 0.500. The van der Waals surface area contributed by atoms with Crippen LogP contribution < -0.4 is 0 Å². The molecule has 0 radical (unpaired) electrons. The van der Waals surface area contributed by atoms with Crippen LogP contribution in [0.15, 0.2) is 12.7 Å². The molecule has 7 nitrogen and oxygen atoms in total. The normalized spacial score (nSPS) is 23.0. The first-order chi connectivity index (χ1) is 11.2. The smallest absolute Gasteiger partial charge is 0.316 e. The van der Waals surface area contributed by atoms with Crippen molar-refractivity contribution in [1.29, 1.82) is 0 Å². The highest BCUT2D eigenvalue weighted by molar-refractivity contribution is 5.88. The van der Waals surface area contributed by atoms with Crippen LogP contribution in [0, 0.1) is 11.8 Å². The first-order valence-electron chi connectivity index (χ1n) is 7.98. The summed E-state index contributed by atoms with van der Waals surface area (Å²) in [5.41, 5.74) is 3.98. The van der Waals surface area contributed by atoms with Gasteiger partial charge in [0, 0.05) is 24.2 Å². The molecule has 2 atom stereocenters. The Kier molecular flexibility index (Phi) is 3.48. The molecule has 0 bridgehead atoms. The van der Waals surface area contributed by atoms with Crippen LogP contribution in [0.2, 0.25) is 0 Å². The van der Waals surface area contributed by atoms with Crippen LogP contribution in [0.5, 0.6) is 0 Å². The summed E-state index contributed by atoms with van der Waals surface area (Å²) in [4.78, 5) is 39.1. The van der Waals surface area contributed by atoms with Crippen molar-refractivity contribution in [3.05, 3.63) is 35.4 Å². The minimum Gasteiger partial charge on any atom is -0.393 e. The average Bonchev–Trinajstić information content (AvgIpc) is 3.21. The number of imidazole rings is 2. The Morgan fingerprint density at radius 2 is 1.39 bits per heavy atom. The number of hydrogen-bond acceptors (Lipinski definition) is 5. The minimum atomic E-state index is -0.411. The number of nitrogens with zero attached hydrogens (tertiary/aromatic N) is 2. The molecule has 0 aromatic carbocycles. The largest absolute Gasteiger partial charge is 0.393 e. The van der Waals surface area contributed by atoms with Crippen molar-refractivity contribution >= 4 is 11.9 Å². The second-order valence-electron chi connectivity index (χ2n) is 6.28. The predicted octanol–water partition coefficient (Wildman–Crippen LogP) is 1.11. The van der Waals surface area contributed by atoms with Crippen LogP contribution >= 0.6 is 0 Å². The topological polar surface area (TPSA) is 101 Å². The van der Waals surface area contributed by atoms with E-state index in [9.17, 15) is 9.59 Å². The molecule has 7 heteroatoms. The molecule has 2 aromatic heterocycles. The monoisotopic (exact) mass is 314 g/mol. The van der Waals surface area contributed by atoms with Gasteiger partial charge >= 0.3 is 11.9 Å². The Balaban J connectivity index is 1.37. The number of rotatable bonds is 2. The van der Waals surface area contributed by atoms with Gasteiger partial charge in [0.2, 0.25) is 0 Å². The summed E-state index contributed by atoms with van der Waals surface area (Å²) in [7, 11) is 0. The lowest BCUT2D eigenvalue weighted by Gasteiger charge is -2.22. The molecule has 0 amide bonds. The van der Waals surface area contributed by atoms with Crippen LogP contribution in [0.25, 0.3) is 0 Å². The van der Waals surface area contributed by atoms with E-state index in [1.54, 1.807) is 12.7 Å². The fourth-order valence-electron chi connectivity index (χ4n) is 3.47. The van der Waals surface area contributed by atoms with Gasteiger partial charge in [0.25, 0.3) is 0 Å². The maximum atomic E-state index is 12.3. The molecule has 0 aliphatic heterocycles. The number of carbonyl (C=O) groups excluding carboxylic acids is 2. The number of aromatic amines is 2. The maximum Gasteiger partial charge on any atom is 0.316 e. The van der Waals surface area contributed by atoms with E-state index >= 15 is 0 Å². The maximum absolute atomic E-state index is 12.3. The van der Waals surface area contributed by atoms with Crippen molar-refractivity contribution in [2.75, 3.05) is 0 Å². The lowest BCUT2D eigenvalue weighted by atomic mass is 9.89. The van der Waals surface area contributed by atoms with Crippen molar-refractivity contribution in [3.63, 3.8) is 0 Å². The van der Waals surface area contributed by atoms with Crippen molar-refractivity contribution in [3.8, 4) is 0 Å². The molecule has 23 heavy (non-hydrogen) atoms. The predicted molar refractivity (Wildman–Crippen MR) is 79.3 cm³/mol. The van der Waals surface area contributed by atoms with E-state index in [1.165, 1.54) is 0 Å². The molecule has 2 aliphatic rings. The van der Waals surface area contributed by atoms with Gasteiger partial charge in [-0.3, -0.25) is 9.59 Å². The van der Waals surface area contributed by atoms with Crippen LogP contribution in [0.1, 0.15) is 35.6 Å². The van der Waals surface area contributed by atoms with Gasteiger partial charge in [-0.25, -0.2) is 9.97 Å². The van der Waals surface area contributed by atoms with E-state index in [0.717, 1.165) is 35.6 Å². The molecule has 0 saturated carbocycles. The summed E-state index contributed by atoms with van der Waals surface area (Å²) in [6.07, 6.45) is 7.27. The van der Waals surface area contributed by atoms with E-state index < -0.39 is 11.9 Å². The van der Waals surface area contributed by atoms with Crippen LogP contribution in [0.4, 0.5) is 0 Å². The molecule has 0 fully saturated rings. The van der Waals surface area contributed by atoms with Crippen molar-refractivity contribution < 1.29 is 14.3 Å².